The highest BCUT2D eigenvalue weighted by Crippen LogP contribution is 2.19. The first-order valence-corrected chi connectivity index (χ1v) is 6.08. The van der Waals surface area contributed by atoms with Gasteiger partial charge in [-0.05, 0) is 39.9 Å². The summed E-state index contributed by atoms with van der Waals surface area (Å²) < 4.78 is 0. The fourth-order valence-electron chi connectivity index (χ4n) is 2.15. The average Bonchev–Trinajstić information content (AvgIpc) is 2.27. The molecule has 1 saturated heterocycles. The lowest BCUT2D eigenvalue weighted by Gasteiger charge is -2.33. The molecule has 98 valence electrons. The second-order valence-electron chi connectivity index (χ2n) is 4.97. The Balaban J connectivity index is 2.48. The van der Waals surface area contributed by atoms with Crippen molar-refractivity contribution in [1.29, 1.82) is 0 Å². The summed E-state index contributed by atoms with van der Waals surface area (Å²) in [4.78, 5) is 26.6. The predicted octanol–water partition coefficient (Wildman–Crippen LogP) is 0.650. The molecule has 0 aliphatic carbocycles. The second kappa shape index (κ2) is 6.00. The minimum atomic E-state index is -0.861. The van der Waals surface area contributed by atoms with Crippen LogP contribution in [0.25, 0.3) is 0 Å². The van der Waals surface area contributed by atoms with Crippen molar-refractivity contribution in [2.45, 2.75) is 32.2 Å². The van der Waals surface area contributed by atoms with E-state index < -0.39 is 5.97 Å². The van der Waals surface area contributed by atoms with Crippen LogP contribution in [-0.2, 0) is 9.59 Å². The lowest BCUT2D eigenvalue weighted by atomic mass is 9.95. The standard InChI is InChI=1S/C12H22N2O3/c1-9(8-11(15)16)14(3)12(17)10-4-6-13(2)7-5-10/h9-10H,4-8H2,1-3H3,(H,15,16). The molecule has 0 aromatic carbocycles. The van der Waals surface area contributed by atoms with Crippen LogP contribution >= 0.6 is 0 Å². The Morgan fingerprint density at radius 3 is 2.41 bits per heavy atom. The summed E-state index contributed by atoms with van der Waals surface area (Å²) in [7, 11) is 3.76. The van der Waals surface area contributed by atoms with E-state index in [0.717, 1.165) is 25.9 Å². The molecule has 5 heteroatoms. The molecule has 0 bridgehead atoms. The number of hydrogen-bond donors (Lipinski definition) is 1. The molecule has 1 rings (SSSR count). The zero-order valence-corrected chi connectivity index (χ0v) is 10.8. The number of hydrogen-bond acceptors (Lipinski definition) is 3. The minimum Gasteiger partial charge on any atom is -0.481 e. The molecule has 1 aliphatic heterocycles. The van der Waals surface area contributed by atoms with Gasteiger partial charge in [-0.1, -0.05) is 0 Å². The van der Waals surface area contributed by atoms with Gasteiger partial charge in [0.25, 0.3) is 0 Å². The molecule has 0 radical (unpaired) electrons. The molecule has 5 nitrogen and oxygen atoms in total. The summed E-state index contributed by atoms with van der Waals surface area (Å²) in [5.41, 5.74) is 0. The van der Waals surface area contributed by atoms with Crippen LogP contribution in [0.1, 0.15) is 26.2 Å². The van der Waals surface area contributed by atoms with Gasteiger partial charge in [0.15, 0.2) is 0 Å². The van der Waals surface area contributed by atoms with E-state index in [4.69, 9.17) is 5.11 Å². The number of carboxylic acid groups (broad SMARTS) is 1. The van der Waals surface area contributed by atoms with E-state index in [0.29, 0.717) is 0 Å². The number of piperidine rings is 1. The summed E-state index contributed by atoms with van der Waals surface area (Å²) >= 11 is 0. The molecule has 1 unspecified atom stereocenters. The minimum absolute atomic E-state index is 0.00879. The smallest absolute Gasteiger partial charge is 0.305 e. The molecule has 1 heterocycles. The van der Waals surface area contributed by atoms with Crippen LogP contribution in [0.4, 0.5) is 0 Å². The molecule has 0 saturated carbocycles. The quantitative estimate of drug-likeness (QED) is 0.786. The molecule has 0 spiro atoms. The van der Waals surface area contributed by atoms with Crippen molar-refractivity contribution < 1.29 is 14.7 Å². The second-order valence-corrected chi connectivity index (χ2v) is 4.97. The molecule has 1 aliphatic rings. The van der Waals surface area contributed by atoms with Gasteiger partial charge in [0, 0.05) is 19.0 Å². The predicted molar refractivity (Wildman–Crippen MR) is 64.7 cm³/mol. The Morgan fingerprint density at radius 1 is 1.41 bits per heavy atom. The van der Waals surface area contributed by atoms with Crippen LogP contribution in [0, 0.1) is 5.92 Å². The normalized spacial score (nSPS) is 19.9. The summed E-state index contributed by atoms with van der Waals surface area (Å²) in [5, 5.41) is 8.71. The Bertz CT molecular complexity index is 285. The van der Waals surface area contributed by atoms with Crippen molar-refractivity contribution in [2.24, 2.45) is 5.92 Å². The van der Waals surface area contributed by atoms with Gasteiger partial charge < -0.3 is 14.9 Å². The SMILES string of the molecule is CC(CC(=O)O)N(C)C(=O)C1CCN(C)CC1. The molecule has 1 atom stereocenters. The lowest BCUT2D eigenvalue weighted by Crippen LogP contribution is -2.43. The summed E-state index contributed by atoms with van der Waals surface area (Å²) in [6, 6.07) is -0.236. The molecular weight excluding hydrogens is 220 g/mol. The number of aliphatic carboxylic acids is 1. The van der Waals surface area contributed by atoms with Crippen molar-refractivity contribution in [1.82, 2.24) is 9.80 Å². The monoisotopic (exact) mass is 242 g/mol. The summed E-state index contributed by atoms with van der Waals surface area (Å²) in [6.07, 6.45) is 1.76. The third-order valence-corrected chi connectivity index (χ3v) is 3.55. The molecule has 1 fully saturated rings. The van der Waals surface area contributed by atoms with E-state index in [2.05, 4.69) is 11.9 Å². The number of carbonyl (C=O) groups excluding carboxylic acids is 1. The summed E-state index contributed by atoms with van der Waals surface area (Å²) in [5.74, 6) is -0.708. The van der Waals surface area contributed by atoms with Crippen LogP contribution < -0.4 is 0 Å². The summed E-state index contributed by atoms with van der Waals surface area (Å²) in [6.45, 7) is 3.66. The highest BCUT2D eigenvalue weighted by Gasteiger charge is 2.28. The number of carbonyl (C=O) groups is 2. The molecule has 17 heavy (non-hydrogen) atoms. The van der Waals surface area contributed by atoms with Crippen molar-refractivity contribution in [3.63, 3.8) is 0 Å². The topological polar surface area (TPSA) is 60.9 Å². The first-order chi connectivity index (χ1) is 7.91. The van der Waals surface area contributed by atoms with Gasteiger partial charge in [-0.15, -0.1) is 0 Å². The zero-order valence-electron chi connectivity index (χ0n) is 10.8. The van der Waals surface area contributed by atoms with E-state index in [1.807, 2.05) is 0 Å². The van der Waals surface area contributed by atoms with E-state index >= 15 is 0 Å². The van der Waals surface area contributed by atoms with Crippen LogP contribution in [-0.4, -0.2) is 60.0 Å². The van der Waals surface area contributed by atoms with Gasteiger partial charge >= 0.3 is 5.97 Å². The maximum atomic E-state index is 12.1. The molecule has 0 aromatic heterocycles. The van der Waals surface area contributed by atoms with Gasteiger partial charge in [0.1, 0.15) is 0 Å². The number of likely N-dealkylation sites (tertiary alicyclic amines) is 1. The zero-order chi connectivity index (χ0) is 13.0. The van der Waals surface area contributed by atoms with E-state index in [9.17, 15) is 9.59 Å². The fourth-order valence-corrected chi connectivity index (χ4v) is 2.15. The Labute approximate surface area is 102 Å². The third-order valence-electron chi connectivity index (χ3n) is 3.55. The molecule has 1 amide bonds. The maximum Gasteiger partial charge on any atom is 0.305 e. The molecule has 1 N–H and O–H groups in total. The first kappa shape index (κ1) is 14.0. The largest absolute Gasteiger partial charge is 0.481 e. The number of amides is 1. The Kier molecular flexibility index (Phi) is 4.93. The number of rotatable bonds is 4. The van der Waals surface area contributed by atoms with E-state index in [1.54, 1.807) is 18.9 Å². The van der Waals surface area contributed by atoms with Crippen molar-refractivity contribution in [3.05, 3.63) is 0 Å². The third kappa shape index (κ3) is 4.00. The van der Waals surface area contributed by atoms with Crippen LogP contribution in [0.2, 0.25) is 0 Å². The van der Waals surface area contributed by atoms with Gasteiger partial charge in [-0.2, -0.15) is 0 Å². The molecular formula is C12H22N2O3. The van der Waals surface area contributed by atoms with Crippen LogP contribution in [0.5, 0.6) is 0 Å². The van der Waals surface area contributed by atoms with Crippen molar-refractivity contribution in [3.8, 4) is 0 Å². The maximum absolute atomic E-state index is 12.1. The van der Waals surface area contributed by atoms with E-state index in [-0.39, 0.29) is 24.3 Å². The van der Waals surface area contributed by atoms with Crippen LogP contribution in [0.3, 0.4) is 0 Å². The van der Waals surface area contributed by atoms with Gasteiger partial charge in [0.2, 0.25) is 5.91 Å². The lowest BCUT2D eigenvalue weighted by molar-refractivity contribution is -0.141. The highest BCUT2D eigenvalue weighted by molar-refractivity contribution is 5.79. The van der Waals surface area contributed by atoms with Crippen LogP contribution in [0.15, 0.2) is 0 Å². The average molecular weight is 242 g/mol. The van der Waals surface area contributed by atoms with Crippen molar-refractivity contribution in [2.75, 3.05) is 27.2 Å². The van der Waals surface area contributed by atoms with Gasteiger partial charge in [-0.3, -0.25) is 9.59 Å². The number of carboxylic acids is 1. The Hall–Kier alpha value is -1.10. The first-order valence-electron chi connectivity index (χ1n) is 6.08. The number of nitrogens with zero attached hydrogens (tertiary/aromatic N) is 2. The molecule has 0 aromatic rings. The van der Waals surface area contributed by atoms with E-state index in [1.165, 1.54) is 0 Å². The van der Waals surface area contributed by atoms with Gasteiger partial charge in [0.05, 0.1) is 6.42 Å². The van der Waals surface area contributed by atoms with Gasteiger partial charge in [-0.25, -0.2) is 0 Å². The highest BCUT2D eigenvalue weighted by atomic mass is 16.4. The fraction of sp³-hybridized carbons (Fsp3) is 0.833. The van der Waals surface area contributed by atoms with Crippen molar-refractivity contribution >= 4 is 11.9 Å². The Morgan fingerprint density at radius 2 is 1.94 bits per heavy atom.